The molecule has 18 heavy (non-hydrogen) atoms. The molecule has 0 aliphatic heterocycles. The van der Waals surface area contributed by atoms with Gasteiger partial charge in [0.15, 0.2) is 0 Å². The summed E-state index contributed by atoms with van der Waals surface area (Å²) in [5.41, 5.74) is 3.52. The number of imidazole rings is 1. The van der Waals surface area contributed by atoms with Crippen LogP contribution in [0.1, 0.15) is 22.8 Å². The van der Waals surface area contributed by atoms with Gasteiger partial charge in [0.2, 0.25) is 0 Å². The van der Waals surface area contributed by atoms with Crippen LogP contribution in [0.5, 0.6) is 0 Å². The molecule has 1 N–H and O–H groups in total. The van der Waals surface area contributed by atoms with Crippen molar-refractivity contribution in [1.29, 1.82) is 0 Å². The third-order valence-electron chi connectivity index (χ3n) is 3.13. The number of nitrogens with zero attached hydrogens (tertiary/aromatic N) is 2. The Morgan fingerprint density at radius 2 is 1.94 bits per heavy atom. The molecule has 4 heteroatoms. The van der Waals surface area contributed by atoms with Gasteiger partial charge in [0.25, 0.3) is 0 Å². The zero-order valence-electron chi connectivity index (χ0n) is 10.7. The molecule has 1 heterocycles. The third kappa shape index (κ3) is 2.82. The first-order valence-electron chi connectivity index (χ1n) is 5.98. The molecule has 0 spiro atoms. The Balaban J connectivity index is 2.26. The number of aliphatic hydroxyl groups is 1. The molecule has 96 valence electrons. The van der Waals surface area contributed by atoms with Gasteiger partial charge in [-0.05, 0) is 24.6 Å². The van der Waals surface area contributed by atoms with Gasteiger partial charge in [-0.15, -0.1) is 0 Å². The molecule has 0 saturated carbocycles. The maximum atomic E-state index is 9.01. The van der Waals surface area contributed by atoms with Gasteiger partial charge in [0.05, 0.1) is 12.3 Å². The highest BCUT2D eigenvalue weighted by Gasteiger charge is 2.11. The second-order valence-electron chi connectivity index (χ2n) is 4.40. The summed E-state index contributed by atoms with van der Waals surface area (Å²) in [7, 11) is 2.01. The average molecular weight is 309 g/mol. The summed E-state index contributed by atoms with van der Waals surface area (Å²) < 4.78 is 3.18. The van der Waals surface area contributed by atoms with Crippen molar-refractivity contribution in [1.82, 2.24) is 9.55 Å². The Morgan fingerprint density at radius 1 is 1.28 bits per heavy atom. The van der Waals surface area contributed by atoms with Crippen molar-refractivity contribution >= 4 is 15.9 Å². The van der Waals surface area contributed by atoms with Gasteiger partial charge in [-0.1, -0.05) is 28.1 Å². The van der Waals surface area contributed by atoms with Crippen LogP contribution in [0.15, 0.2) is 28.7 Å². The normalized spacial score (nSPS) is 10.9. The zero-order valence-corrected chi connectivity index (χ0v) is 12.2. The van der Waals surface area contributed by atoms with Crippen molar-refractivity contribution in [2.45, 2.75) is 19.8 Å². The molecule has 0 amide bonds. The summed E-state index contributed by atoms with van der Waals surface area (Å²) in [6.07, 6.45) is 1.48. The standard InChI is InChI=1S/C14H17BrN2O/c1-10-13(17(2)14(16-10)7-8-18)9-11-3-5-12(15)6-4-11/h3-6,18H,7-9H2,1-2H3. The topological polar surface area (TPSA) is 38.1 Å². The Bertz CT molecular complexity index is 531. The summed E-state index contributed by atoms with van der Waals surface area (Å²) in [6.45, 7) is 2.16. The van der Waals surface area contributed by atoms with Gasteiger partial charge < -0.3 is 9.67 Å². The van der Waals surface area contributed by atoms with E-state index >= 15 is 0 Å². The van der Waals surface area contributed by atoms with Crippen LogP contribution in [-0.4, -0.2) is 21.3 Å². The number of halogens is 1. The first-order valence-corrected chi connectivity index (χ1v) is 6.77. The van der Waals surface area contributed by atoms with E-state index in [-0.39, 0.29) is 6.61 Å². The van der Waals surface area contributed by atoms with Crippen molar-refractivity contribution in [2.24, 2.45) is 7.05 Å². The molecule has 0 bridgehead atoms. The first-order chi connectivity index (χ1) is 8.61. The van der Waals surface area contributed by atoms with Crippen LogP contribution < -0.4 is 0 Å². The maximum Gasteiger partial charge on any atom is 0.111 e. The maximum absolute atomic E-state index is 9.01. The average Bonchev–Trinajstić information content (AvgIpc) is 2.60. The molecule has 2 aromatic rings. The minimum atomic E-state index is 0.141. The Kier molecular flexibility index (Phi) is 4.19. The molecule has 3 nitrogen and oxygen atoms in total. The Labute approximate surface area is 116 Å². The minimum Gasteiger partial charge on any atom is -0.396 e. The highest BCUT2D eigenvalue weighted by atomic mass is 79.9. The predicted octanol–water partition coefficient (Wildman–Crippen LogP) is 2.62. The van der Waals surface area contributed by atoms with Crippen molar-refractivity contribution in [3.05, 3.63) is 51.5 Å². The second kappa shape index (κ2) is 5.67. The van der Waals surface area contributed by atoms with Crippen LogP contribution in [0.2, 0.25) is 0 Å². The summed E-state index contributed by atoms with van der Waals surface area (Å²) in [5.74, 6) is 0.946. The van der Waals surface area contributed by atoms with E-state index in [1.165, 1.54) is 11.3 Å². The molecule has 0 saturated heterocycles. The van der Waals surface area contributed by atoms with Crippen molar-refractivity contribution in [3.8, 4) is 0 Å². The van der Waals surface area contributed by atoms with E-state index < -0.39 is 0 Å². The number of aromatic nitrogens is 2. The van der Waals surface area contributed by atoms with Gasteiger partial charge in [0, 0.05) is 30.1 Å². The lowest BCUT2D eigenvalue weighted by Crippen LogP contribution is -2.04. The van der Waals surface area contributed by atoms with Crippen molar-refractivity contribution in [2.75, 3.05) is 6.61 Å². The van der Waals surface area contributed by atoms with E-state index in [0.717, 1.165) is 22.4 Å². The fourth-order valence-electron chi connectivity index (χ4n) is 2.10. The van der Waals surface area contributed by atoms with Crippen molar-refractivity contribution in [3.63, 3.8) is 0 Å². The number of rotatable bonds is 4. The first kappa shape index (κ1) is 13.3. The molecule has 1 aromatic carbocycles. The summed E-state index contributed by atoms with van der Waals surface area (Å²) in [4.78, 5) is 4.51. The predicted molar refractivity (Wildman–Crippen MR) is 75.7 cm³/mol. The molecule has 2 rings (SSSR count). The number of aliphatic hydroxyl groups excluding tert-OH is 1. The van der Waals surface area contributed by atoms with E-state index in [2.05, 4.69) is 49.7 Å². The van der Waals surface area contributed by atoms with Crippen LogP contribution in [0.3, 0.4) is 0 Å². The third-order valence-corrected chi connectivity index (χ3v) is 3.66. The van der Waals surface area contributed by atoms with E-state index in [1.54, 1.807) is 0 Å². The van der Waals surface area contributed by atoms with Crippen LogP contribution in [-0.2, 0) is 19.9 Å². The van der Waals surface area contributed by atoms with Crippen LogP contribution in [0, 0.1) is 6.92 Å². The monoisotopic (exact) mass is 308 g/mol. The summed E-state index contributed by atoms with van der Waals surface area (Å²) in [5, 5.41) is 9.01. The fourth-order valence-corrected chi connectivity index (χ4v) is 2.36. The summed E-state index contributed by atoms with van der Waals surface area (Å²) >= 11 is 3.44. The zero-order chi connectivity index (χ0) is 13.1. The fraction of sp³-hybridized carbons (Fsp3) is 0.357. The van der Waals surface area contributed by atoms with Gasteiger partial charge in [-0.2, -0.15) is 0 Å². The molecule has 0 unspecified atom stereocenters. The van der Waals surface area contributed by atoms with Crippen LogP contribution >= 0.6 is 15.9 Å². The number of hydrogen-bond donors (Lipinski definition) is 1. The van der Waals surface area contributed by atoms with Gasteiger partial charge in [0.1, 0.15) is 5.82 Å². The molecule has 0 aliphatic carbocycles. The molecule has 1 aromatic heterocycles. The molecule has 0 fully saturated rings. The Morgan fingerprint density at radius 3 is 2.56 bits per heavy atom. The lowest BCUT2D eigenvalue weighted by atomic mass is 10.1. The van der Waals surface area contributed by atoms with E-state index in [1.807, 2.05) is 14.0 Å². The van der Waals surface area contributed by atoms with E-state index in [9.17, 15) is 0 Å². The molecule has 0 atom stereocenters. The van der Waals surface area contributed by atoms with Crippen molar-refractivity contribution < 1.29 is 5.11 Å². The molecular formula is C14H17BrN2O. The number of benzene rings is 1. The van der Waals surface area contributed by atoms with E-state index in [4.69, 9.17) is 5.11 Å². The van der Waals surface area contributed by atoms with E-state index in [0.29, 0.717) is 6.42 Å². The largest absolute Gasteiger partial charge is 0.396 e. The minimum absolute atomic E-state index is 0.141. The quantitative estimate of drug-likeness (QED) is 0.943. The SMILES string of the molecule is Cc1nc(CCO)n(C)c1Cc1ccc(Br)cc1. The number of aryl methyl sites for hydroxylation is 1. The smallest absolute Gasteiger partial charge is 0.111 e. The lowest BCUT2D eigenvalue weighted by Gasteiger charge is -2.06. The second-order valence-corrected chi connectivity index (χ2v) is 5.31. The molecule has 0 radical (unpaired) electrons. The summed E-state index contributed by atoms with van der Waals surface area (Å²) in [6, 6.07) is 8.33. The highest BCUT2D eigenvalue weighted by Crippen LogP contribution is 2.17. The van der Waals surface area contributed by atoms with Gasteiger partial charge >= 0.3 is 0 Å². The lowest BCUT2D eigenvalue weighted by molar-refractivity contribution is 0.295. The molecule has 0 aliphatic rings. The number of hydrogen-bond acceptors (Lipinski definition) is 2. The highest BCUT2D eigenvalue weighted by molar-refractivity contribution is 9.10. The Hall–Kier alpha value is -1.13. The van der Waals surface area contributed by atoms with Gasteiger partial charge in [-0.3, -0.25) is 0 Å². The van der Waals surface area contributed by atoms with Crippen LogP contribution in [0.4, 0.5) is 0 Å². The van der Waals surface area contributed by atoms with Crippen LogP contribution in [0.25, 0.3) is 0 Å². The molecular weight excluding hydrogens is 292 g/mol. The van der Waals surface area contributed by atoms with Gasteiger partial charge in [-0.25, -0.2) is 4.98 Å².